The number of methoxy groups -OCH3 is 1. The van der Waals surface area contributed by atoms with Gasteiger partial charge in [-0.2, -0.15) is 0 Å². The fourth-order valence-electron chi connectivity index (χ4n) is 2.64. The zero-order chi connectivity index (χ0) is 21.7. The number of rotatable bonds is 15. The Labute approximate surface area is 189 Å². The van der Waals surface area contributed by atoms with Crippen LogP contribution >= 0.6 is 0 Å². The van der Waals surface area contributed by atoms with Crippen molar-refractivity contribution >= 4 is 25.4 Å². The molecule has 0 saturated carbocycles. The quantitative estimate of drug-likeness (QED) is 0.166. The molecule has 0 aliphatic rings. The third-order valence-corrected chi connectivity index (χ3v) is 6.88. The van der Waals surface area contributed by atoms with Gasteiger partial charge >= 0.3 is 146 Å². The molecule has 3 heteroatoms. The van der Waals surface area contributed by atoms with E-state index in [1.807, 2.05) is 18.2 Å². The molecule has 0 radical (unpaired) electrons. The molecule has 0 saturated heterocycles. The fraction of sp³-hybridized carbons (Fsp3) is 0.370. The molecule has 0 aliphatic heterocycles. The number of benzene rings is 1. The predicted molar refractivity (Wildman–Crippen MR) is 131 cm³/mol. The van der Waals surface area contributed by atoms with Gasteiger partial charge in [0.1, 0.15) is 0 Å². The minimum atomic E-state index is -0.0915. The molecule has 0 N–H and O–H groups in total. The van der Waals surface area contributed by atoms with E-state index in [2.05, 4.69) is 79.8 Å². The van der Waals surface area contributed by atoms with Crippen molar-refractivity contribution in [1.82, 2.24) is 0 Å². The minimum absolute atomic E-state index is 0.0213. The number of ether oxygens (including phenoxy) is 1. The number of carbonyl (C=O) groups excluding carboxylic acids is 1. The molecule has 1 atom stereocenters. The van der Waals surface area contributed by atoms with E-state index in [1.165, 1.54) is 11.6 Å². The second-order valence-electron chi connectivity index (χ2n) is 6.73. The first-order chi connectivity index (χ1) is 14.8. The van der Waals surface area contributed by atoms with Crippen LogP contribution in [0.3, 0.4) is 0 Å². The molecule has 0 amide bonds. The zero-order valence-corrected chi connectivity index (χ0v) is 20.1. The molecule has 0 spiro atoms. The Morgan fingerprint density at radius 3 is 1.83 bits per heavy atom. The van der Waals surface area contributed by atoms with Gasteiger partial charge in [-0.15, -0.1) is 0 Å². The van der Waals surface area contributed by atoms with E-state index < -0.39 is 0 Å². The first-order valence-corrected chi connectivity index (χ1v) is 12.7. The van der Waals surface area contributed by atoms with Gasteiger partial charge in [0.05, 0.1) is 0 Å². The van der Waals surface area contributed by atoms with Crippen LogP contribution in [0.5, 0.6) is 0 Å². The predicted octanol–water partition coefficient (Wildman–Crippen LogP) is 6.51. The summed E-state index contributed by atoms with van der Waals surface area (Å²) in [6, 6.07) is 10.2. The van der Waals surface area contributed by atoms with Gasteiger partial charge in [-0.3, -0.25) is 0 Å². The molecule has 30 heavy (non-hydrogen) atoms. The van der Waals surface area contributed by atoms with E-state index in [-0.39, 0.29) is 25.7 Å². The number of hydrogen-bond donors (Lipinski definition) is 0. The van der Waals surface area contributed by atoms with Crippen LogP contribution < -0.4 is 4.46 Å². The van der Waals surface area contributed by atoms with Crippen molar-refractivity contribution in [2.24, 2.45) is 0 Å². The van der Waals surface area contributed by atoms with Gasteiger partial charge in [0, 0.05) is 0 Å². The molecule has 1 aromatic carbocycles. The zero-order valence-electron chi connectivity index (χ0n) is 18.4. The van der Waals surface area contributed by atoms with Crippen molar-refractivity contribution in [2.45, 2.75) is 56.7 Å². The molecule has 0 aromatic heterocycles. The van der Waals surface area contributed by atoms with Crippen LogP contribution in [0.15, 0.2) is 91.1 Å². The molecular formula is C27H36O2Se. The van der Waals surface area contributed by atoms with Gasteiger partial charge in [0.2, 0.25) is 0 Å². The summed E-state index contributed by atoms with van der Waals surface area (Å²) in [7, 11) is 1.48. The van der Waals surface area contributed by atoms with Gasteiger partial charge < -0.3 is 0 Å². The standard InChI is InChI=1S/C27H36O2Se/c1-3-4-5-6-7-8-9-10-11-12-13-14-15-16-17-21-24-26(27(28)29-2)30-25-22-19-18-20-23-25/h4-5,7-8,10-11,13-14,16-20,22-23,26H,3,6,9,12,15,21,24H2,1-2H3/b5-4-,8-7-,11-10-,14-13-,17-16-. The van der Waals surface area contributed by atoms with Gasteiger partial charge in [0.15, 0.2) is 0 Å². The monoisotopic (exact) mass is 472 g/mol. The van der Waals surface area contributed by atoms with Crippen molar-refractivity contribution in [2.75, 3.05) is 7.11 Å². The maximum atomic E-state index is 12.1. The van der Waals surface area contributed by atoms with Crippen molar-refractivity contribution in [1.29, 1.82) is 0 Å². The Kier molecular flexibility index (Phi) is 16.4. The Morgan fingerprint density at radius 1 is 0.833 bits per heavy atom. The average Bonchev–Trinajstić information content (AvgIpc) is 2.78. The number of esters is 1. The summed E-state index contributed by atoms with van der Waals surface area (Å²) < 4.78 is 6.23. The molecule has 0 aliphatic carbocycles. The Hall–Kier alpha value is -2.09. The third-order valence-electron chi connectivity index (χ3n) is 4.24. The summed E-state index contributed by atoms with van der Waals surface area (Å²) in [5, 5.41) is 0. The Balaban J connectivity index is 2.18. The SMILES string of the molecule is CC/C=C\C/C=C\C/C=C\C/C=C\C/C=C\CCC([Se]c1ccccc1)C(=O)OC. The number of hydrogen-bond acceptors (Lipinski definition) is 2. The molecule has 1 unspecified atom stereocenters. The summed E-state index contributed by atoms with van der Waals surface area (Å²) in [5.41, 5.74) is 0. The van der Waals surface area contributed by atoms with E-state index in [4.69, 9.17) is 4.74 Å². The van der Waals surface area contributed by atoms with Crippen molar-refractivity contribution < 1.29 is 9.53 Å². The van der Waals surface area contributed by atoms with Crippen LogP contribution in [0.2, 0.25) is 4.82 Å². The van der Waals surface area contributed by atoms with E-state index >= 15 is 0 Å². The number of allylic oxidation sites excluding steroid dienone is 10. The molecule has 162 valence electrons. The van der Waals surface area contributed by atoms with Crippen LogP contribution in [-0.2, 0) is 9.53 Å². The van der Waals surface area contributed by atoms with Crippen LogP contribution in [0.4, 0.5) is 0 Å². The average molecular weight is 472 g/mol. The van der Waals surface area contributed by atoms with Crippen LogP contribution in [0.25, 0.3) is 0 Å². The molecule has 0 bridgehead atoms. The van der Waals surface area contributed by atoms with Crippen LogP contribution in [0.1, 0.15) is 51.9 Å². The summed E-state index contributed by atoms with van der Waals surface area (Å²) in [5.74, 6) is -0.0915. The summed E-state index contributed by atoms with van der Waals surface area (Å²) in [4.78, 5) is 12.0. The van der Waals surface area contributed by atoms with Crippen LogP contribution in [-0.4, -0.2) is 28.0 Å². The van der Waals surface area contributed by atoms with Crippen molar-refractivity contribution in [3.8, 4) is 0 Å². The Bertz CT molecular complexity index is 699. The van der Waals surface area contributed by atoms with E-state index in [9.17, 15) is 4.79 Å². The Morgan fingerprint density at radius 2 is 1.33 bits per heavy atom. The maximum absolute atomic E-state index is 12.1. The first kappa shape index (κ1) is 25.9. The second kappa shape index (κ2) is 18.9. The van der Waals surface area contributed by atoms with Gasteiger partial charge in [-0.05, 0) is 12.8 Å². The molecule has 2 nitrogen and oxygen atoms in total. The molecule has 1 aromatic rings. The van der Waals surface area contributed by atoms with Crippen molar-refractivity contribution in [3.05, 3.63) is 91.1 Å². The second-order valence-corrected chi connectivity index (χ2v) is 9.41. The molecular weight excluding hydrogens is 435 g/mol. The summed E-state index contributed by atoms with van der Waals surface area (Å²) in [6.07, 6.45) is 28.8. The third kappa shape index (κ3) is 14.0. The summed E-state index contributed by atoms with van der Waals surface area (Å²) in [6.45, 7) is 2.15. The number of carbonyl (C=O) groups is 1. The molecule has 0 fully saturated rings. The summed E-state index contributed by atoms with van der Waals surface area (Å²) >= 11 is 0.107. The van der Waals surface area contributed by atoms with Gasteiger partial charge in [0.25, 0.3) is 0 Å². The van der Waals surface area contributed by atoms with Gasteiger partial charge in [-0.1, -0.05) is 31.2 Å². The molecule has 1 rings (SSSR count). The van der Waals surface area contributed by atoms with Crippen LogP contribution in [0, 0.1) is 0 Å². The first-order valence-electron chi connectivity index (χ1n) is 10.8. The van der Waals surface area contributed by atoms with E-state index in [0.29, 0.717) is 0 Å². The van der Waals surface area contributed by atoms with Crippen molar-refractivity contribution in [3.63, 3.8) is 0 Å². The van der Waals surface area contributed by atoms with Gasteiger partial charge in [-0.25, -0.2) is 0 Å². The normalized spacial score (nSPS) is 13.4. The fourth-order valence-corrected chi connectivity index (χ4v) is 4.92. The molecule has 0 heterocycles. The van der Waals surface area contributed by atoms with E-state index in [1.54, 1.807) is 0 Å². The topological polar surface area (TPSA) is 26.3 Å². The van der Waals surface area contributed by atoms with E-state index in [0.717, 1.165) is 44.9 Å².